The molecule has 0 saturated carbocycles. The first kappa shape index (κ1) is 18.7. The number of methoxy groups -OCH3 is 1. The number of hydrogen-bond acceptors (Lipinski definition) is 4. The van der Waals surface area contributed by atoms with Crippen LogP contribution in [-0.4, -0.2) is 33.0 Å². The van der Waals surface area contributed by atoms with Gasteiger partial charge in [0.05, 0.1) is 23.8 Å². The fourth-order valence-corrected chi connectivity index (χ4v) is 3.44. The van der Waals surface area contributed by atoms with Crippen LogP contribution >= 0.6 is 0 Å². The highest BCUT2D eigenvalue weighted by Crippen LogP contribution is 2.23. The minimum absolute atomic E-state index is 0.0288. The molecule has 2 aromatic carbocycles. The quantitative estimate of drug-likeness (QED) is 0.568. The lowest BCUT2D eigenvalue weighted by molar-refractivity contribution is -0.122. The minimum Gasteiger partial charge on any atom is -0.497 e. The molecule has 0 fully saturated rings. The molecule has 0 aliphatic heterocycles. The van der Waals surface area contributed by atoms with Crippen LogP contribution in [0.3, 0.4) is 0 Å². The monoisotopic (exact) mass is 390 g/mol. The molecule has 4 aromatic rings. The Balaban J connectivity index is 1.92. The third kappa shape index (κ3) is 3.47. The summed E-state index contributed by atoms with van der Waals surface area (Å²) in [5.74, 6) is 1.03. The first-order valence-electron chi connectivity index (χ1n) is 9.43. The number of benzene rings is 2. The lowest BCUT2D eigenvalue weighted by Crippen LogP contribution is -2.33. The average Bonchev–Trinajstić information content (AvgIpc) is 3.01. The third-order valence-electron chi connectivity index (χ3n) is 4.69. The van der Waals surface area contributed by atoms with E-state index in [2.05, 4.69) is 5.32 Å². The van der Waals surface area contributed by atoms with E-state index in [1.54, 1.807) is 16.1 Å². The highest BCUT2D eigenvalue weighted by molar-refractivity contribution is 5.85. The van der Waals surface area contributed by atoms with E-state index in [0.29, 0.717) is 11.5 Å². The maximum atomic E-state index is 13.0. The first-order valence-corrected chi connectivity index (χ1v) is 9.43. The summed E-state index contributed by atoms with van der Waals surface area (Å²) < 4.78 is 8.52. The lowest BCUT2D eigenvalue weighted by atomic mass is 10.1. The van der Waals surface area contributed by atoms with Gasteiger partial charge >= 0.3 is 0 Å². The van der Waals surface area contributed by atoms with Crippen LogP contribution in [0.15, 0.2) is 59.4 Å². The van der Waals surface area contributed by atoms with Crippen LogP contribution < -0.4 is 15.6 Å². The molecule has 148 valence electrons. The molecule has 0 aliphatic carbocycles. The zero-order chi connectivity index (χ0) is 20.5. The van der Waals surface area contributed by atoms with E-state index in [1.165, 1.54) is 6.07 Å². The van der Waals surface area contributed by atoms with Gasteiger partial charge in [-0.25, -0.2) is 9.38 Å². The Morgan fingerprint density at radius 2 is 1.79 bits per heavy atom. The number of para-hydroxylation sites is 2. The van der Waals surface area contributed by atoms with Crippen molar-refractivity contribution in [2.24, 2.45) is 0 Å². The SMILES string of the molecule is COc1ccc(-c2cc(=O)n3c4ccccc4n(CC(=O)NC(C)C)c3n2)cc1. The molecular formula is C22H22N4O3. The van der Waals surface area contributed by atoms with E-state index in [4.69, 9.17) is 9.72 Å². The summed E-state index contributed by atoms with van der Waals surface area (Å²) >= 11 is 0. The second-order valence-electron chi connectivity index (χ2n) is 7.14. The standard InChI is InChI=1S/C22H22N4O3/c1-14(2)23-20(27)13-25-18-6-4-5-7-19(18)26-21(28)12-17(24-22(25)26)15-8-10-16(29-3)11-9-15/h4-12,14H,13H2,1-3H3,(H,23,27). The molecule has 4 rings (SSSR count). The molecule has 0 bridgehead atoms. The molecule has 1 amide bonds. The molecule has 1 N–H and O–H groups in total. The van der Waals surface area contributed by atoms with E-state index in [1.807, 2.05) is 62.4 Å². The number of nitrogens with zero attached hydrogens (tertiary/aromatic N) is 3. The van der Waals surface area contributed by atoms with Crippen molar-refractivity contribution in [1.82, 2.24) is 19.3 Å². The number of rotatable bonds is 5. The Morgan fingerprint density at radius 3 is 2.45 bits per heavy atom. The average molecular weight is 390 g/mol. The second kappa shape index (κ2) is 7.43. The van der Waals surface area contributed by atoms with Crippen molar-refractivity contribution in [3.8, 4) is 17.0 Å². The topological polar surface area (TPSA) is 77.6 Å². The van der Waals surface area contributed by atoms with E-state index >= 15 is 0 Å². The molecule has 0 atom stereocenters. The largest absolute Gasteiger partial charge is 0.497 e. The van der Waals surface area contributed by atoms with E-state index in [9.17, 15) is 9.59 Å². The molecule has 29 heavy (non-hydrogen) atoms. The number of amides is 1. The maximum Gasteiger partial charge on any atom is 0.260 e. The van der Waals surface area contributed by atoms with Crippen LogP contribution in [0.1, 0.15) is 13.8 Å². The van der Waals surface area contributed by atoms with Crippen LogP contribution in [0.5, 0.6) is 5.75 Å². The van der Waals surface area contributed by atoms with Crippen molar-refractivity contribution in [1.29, 1.82) is 0 Å². The lowest BCUT2D eigenvalue weighted by Gasteiger charge is -2.10. The zero-order valence-corrected chi connectivity index (χ0v) is 16.5. The molecule has 2 heterocycles. The first-order chi connectivity index (χ1) is 14.0. The third-order valence-corrected chi connectivity index (χ3v) is 4.69. The van der Waals surface area contributed by atoms with Crippen LogP contribution in [0.2, 0.25) is 0 Å². The van der Waals surface area contributed by atoms with Crippen LogP contribution in [-0.2, 0) is 11.3 Å². The second-order valence-corrected chi connectivity index (χ2v) is 7.14. The summed E-state index contributed by atoms with van der Waals surface area (Å²) in [5.41, 5.74) is 2.65. The summed E-state index contributed by atoms with van der Waals surface area (Å²) in [7, 11) is 1.60. The predicted octanol–water partition coefficient (Wildman–Crippen LogP) is 2.85. The summed E-state index contributed by atoms with van der Waals surface area (Å²) in [6.45, 7) is 3.90. The predicted molar refractivity (Wildman–Crippen MR) is 112 cm³/mol. The number of fused-ring (bicyclic) bond motifs is 3. The molecule has 7 heteroatoms. The number of imidazole rings is 1. The normalized spacial score (nSPS) is 11.3. The number of carbonyl (C=O) groups is 1. The van der Waals surface area contributed by atoms with Crippen LogP contribution in [0, 0.1) is 0 Å². The van der Waals surface area contributed by atoms with Gasteiger partial charge in [-0.15, -0.1) is 0 Å². The van der Waals surface area contributed by atoms with Gasteiger partial charge in [0.2, 0.25) is 11.7 Å². The smallest absolute Gasteiger partial charge is 0.260 e. The van der Waals surface area contributed by atoms with Crippen molar-refractivity contribution < 1.29 is 9.53 Å². The van der Waals surface area contributed by atoms with Gasteiger partial charge in [0, 0.05) is 17.7 Å². The van der Waals surface area contributed by atoms with Gasteiger partial charge in [-0.2, -0.15) is 0 Å². The fraction of sp³-hybridized carbons (Fsp3) is 0.227. The van der Waals surface area contributed by atoms with Gasteiger partial charge in [-0.3, -0.25) is 9.59 Å². The molecule has 0 aliphatic rings. The van der Waals surface area contributed by atoms with Gasteiger partial charge in [-0.1, -0.05) is 12.1 Å². The Bertz CT molecular complexity index is 1250. The molecule has 0 unspecified atom stereocenters. The molecule has 2 aromatic heterocycles. The number of hydrogen-bond donors (Lipinski definition) is 1. The van der Waals surface area contributed by atoms with Crippen molar-refractivity contribution in [2.75, 3.05) is 7.11 Å². The van der Waals surface area contributed by atoms with Crippen LogP contribution in [0.25, 0.3) is 28.1 Å². The van der Waals surface area contributed by atoms with E-state index in [-0.39, 0.29) is 24.1 Å². The molecular weight excluding hydrogens is 368 g/mol. The summed E-state index contributed by atoms with van der Waals surface area (Å²) in [5, 5.41) is 2.90. The summed E-state index contributed by atoms with van der Waals surface area (Å²) in [6, 6.07) is 16.4. The molecule has 0 radical (unpaired) electrons. The number of ether oxygens (including phenoxy) is 1. The molecule has 0 spiro atoms. The fourth-order valence-electron chi connectivity index (χ4n) is 3.44. The minimum atomic E-state index is -0.194. The highest BCUT2D eigenvalue weighted by Gasteiger charge is 2.17. The summed E-state index contributed by atoms with van der Waals surface area (Å²) in [4.78, 5) is 30.2. The van der Waals surface area contributed by atoms with Crippen LogP contribution in [0.4, 0.5) is 0 Å². The number of aromatic nitrogens is 3. The van der Waals surface area contributed by atoms with Gasteiger partial charge in [-0.05, 0) is 50.2 Å². The van der Waals surface area contributed by atoms with Gasteiger partial charge < -0.3 is 14.6 Å². The van der Waals surface area contributed by atoms with Crippen molar-refractivity contribution in [3.05, 3.63) is 65.0 Å². The summed E-state index contributed by atoms with van der Waals surface area (Å²) in [6.07, 6.45) is 0. The number of nitrogens with one attached hydrogen (secondary N) is 1. The van der Waals surface area contributed by atoms with Crippen molar-refractivity contribution in [3.63, 3.8) is 0 Å². The Labute approximate surface area is 167 Å². The Kier molecular flexibility index (Phi) is 4.80. The van der Waals surface area contributed by atoms with E-state index in [0.717, 1.165) is 22.3 Å². The van der Waals surface area contributed by atoms with Crippen molar-refractivity contribution >= 4 is 22.7 Å². The van der Waals surface area contributed by atoms with Gasteiger partial charge in [0.25, 0.3) is 5.56 Å². The molecule has 7 nitrogen and oxygen atoms in total. The molecule has 0 saturated heterocycles. The Hall–Kier alpha value is -3.61. The Morgan fingerprint density at radius 1 is 1.10 bits per heavy atom. The van der Waals surface area contributed by atoms with E-state index < -0.39 is 0 Å². The zero-order valence-electron chi connectivity index (χ0n) is 16.5. The van der Waals surface area contributed by atoms with Gasteiger partial charge in [0.15, 0.2) is 0 Å². The highest BCUT2D eigenvalue weighted by atomic mass is 16.5. The van der Waals surface area contributed by atoms with Crippen molar-refractivity contribution in [2.45, 2.75) is 26.4 Å². The number of carbonyl (C=O) groups excluding carboxylic acids is 1. The maximum absolute atomic E-state index is 13.0. The van der Waals surface area contributed by atoms with Gasteiger partial charge in [0.1, 0.15) is 12.3 Å².